The third-order valence-corrected chi connectivity index (χ3v) is 3.90. The fourth-order valence-corrected chi connectivity index (χ4v) is 2.76. The molecule has 4 aromatic rings. The van der Waals surface area contributed by atoms with Crippen molar-refractivity contribution >= 4 is 21.9 Å². The Labute approximate surface area is 139 Å². The fraction of sp³-hybridized carbons (Fsp3) is 0.150. The predicted molar refractivity (Wildman–Crippen MR) is 93.6 cm³/mol. The van der Waals surface area contributed by atoms with Crippen molar-refractivity contribution < 1.29 is 18.3 Å². The van der Waals surface area contributed by atoms with Gasteiger partial charge in [-0.1, -0.05) is 18.2 Å². The molecule has 0 amide bonds. The van der Waals surface area contributed by atoms with Crippen molar-refractivity contribution in [3.05, 3.63) is 54.6 Å². The summed E-state index contributed by atoms with van der Waals surface area (Å²) in [6.45, 7) is 2.52. The zero-order valence-electron chi connectivity index (χ0n) is 13.5. The highest BCUT2D eigenvalue weighted by molar-refractivity contribution is 5.88. The third kappa shape index (κ3) is 2.46. The largest absolute Gasteiger partial charge is 0.497 e. The first-order valence-corrected chi connectivity index (χ1v) is 7.85. The molecular weight excluding hydrogens is 304 g/mol. The normalized spacial score (nSPS) is 11.1. The molecule has 0 radical (unpaired) electrons. The van der Waals surface area contributed by atoms with Crippen LogP contribution in [0.5, 0.6) is 11.5 Å². The van der Waals surface area contributed by atoms with E-state index in [2.05, 4.69) is 0 Å². The molecule has 4 heteroatoms. The smallest absolute Gasteiger partial charge is 0.399 e. The summed E-state index contributed by atoms with van der Waals surface area (Å²) in [5.74, 6) is 2.81. The molecule has 2 heterocycles. The Morgan fingerprint density at radius 2 is 1.92 bits per heavy atom. The fourth-order valence-electron chi connectivity index (χ4n) is 2.76. The Bertz CT molecular complexity index is 984. The van der Waals surface area contributed by atoms with E-state index < -0.39 is 0 Å². The van der Waals surface area contributed by atoms with Gasteiger partial charge in [0.2, 0.25) is 5.76 Å². The molecule has 0 N–H and O–H groups in total. The number of fused-ring (bicyclic) bond motifs is 2. The van der Waals surface area contributed by atoms with E-state index >= 15 is 0 Å². The van der Waals surface area contributed by atoms with Crippen LogP contribution in [0.25, 0.3) is 33.5 Å². The summed E-state index contributed by atoms with van der Waals surface area (Å²) in [5.41, 5.74) is 1.55. The van der Waals surface area contributed by atoms with Crippen LogP contribution in [-0.4, -0.2) is 13.7 Å². The monoisotopic (exact) mass is 321 g/mol. The number of methoxy groups -OCH3 is 1. The second-order valence-electron chi connectivity index (χ2n) is 5.42. The minimum Gasteiger partial charge on any atom is -0.497 e. The molecule has 0 bridgehead atoms. The molecule has 2 aromatic heterocycles. The zero-order valence-corrected chi connectivity index (χ0v) is 13.5. The van der Waals surface area contributed by atoms with Gasteiger partial charge in [-0.25, -0.2) is 4.42 Å². The van der Waals surface area contributed by atoms with Crippen molar-refractivity contribution in [3.8, 4) is 23.0 Å². The molecule has 0 aliphatic carbocycles. The quantitative estimate of drug-likeness (QED) is 0.463. The van der Waals surface area contributed by atoms with E-state index in [1.807, 2.05) is 61.5 Å². The topological polar surface area (TPSA) is 42.9 Å². The van der Waals surface area contributed by atoms with E-state index in [9.17, 15) is 0 Å². The van der Waals surface area contributed by atoms with E-state index in [1.165, 1.54) is 0 Å². The van der Waals surface area contributed by atoms with Crippen molar-refractivity contribution in [3.63, 3.8) is 0 Å². The van der Waals surface area contributed by atoms with Gasteiger partial charge in [0.25, 0.3) is 0 Å². The minimum atomic E-state index is 0.565. The summed E-state index contributed by atoms with van der Waals surface area (Å²) in [4.78, 5) is 0. The minimum absolute atomic E-state index is 0.565. The van der Waals surface area contributed by atoms with Crippen molar-refractivity contribution in [1.82, 2.24) is 0 Å². The summed E-state index contributed by atoms with van der Waals surface area (Å²) in [7, 11) is 1.64. The molecular formula is C20H17O4+. The number of para-hydroxylation sites is 1. The maximum absolute atomic E-state index is 6.03. The van der Waals surface area contributed by atoms with Crippen LogP contribution in [0.3, 0.4) is 0 Å². The second kappa shape index (κ2) is 5.89. The molecule has 120 valence electrons. The number of rotatable bonds is 4. The summed E-state index contributed by atoms with van der Waals surface area (Å²) in [6.07, 6.45) is 0. The SMILES string of the molecule is CCOc1cc(-c2cc3ccccc3o2)[o+]c2ccc(OC)cc12. The maximum atomic E-state index is 6.03. The van der Waals surface area contributed by atoms with Gasteiger partial charge in [-0.15, -0.1) is 0 Å². The van der Waals surface area contributed by atoms with Crippen LogP contribution in [0, 0.1) is 0 Å². The Morgan fingerprint density at radius 3 is 2.71 bits per heavy atom. The van der Waals surface area contributed by atoms with Crippen molar-refractivity contribution in [2.24, 2.45) is 0 Å². The number of benzene rings is 2. The van der Waals surface area contributed by atoms with Gasteiger partial charge in [0, 0.05) is 23.6 Å². The lowest BCUT2D eigenvalue weighted by atomic mass is 10.2. The van der Waals surface area contributed by atoms with Crippen LogP contribution >= 0.6 is 0 Å². The average molecular weight is 321 g/mol. The lowest BCUT2D eigenvalue weighted by molar-refractivity contribution is 0.342. The highest BCUT2D eigenvalue weighted by atomic mass is 16.5. The summed E-state index contributed by atoms with van der Waals surface area (Å²) in [6, 6.07) is 17.4. The molecule has 0 aliphatic rings. The first-order chi connectivity index (χ1) is 11.8. The average Bonchev–Trinajstić information content (AvgIpc) is 3.05. The predicted octanol–water partition coefficient (Wildman–Crippen LogP) is 5.53. The molecule has 2 aromatic carbocycles. The number of hydrogen-bond donors (Lipinski definition) is 0. The van der Waals surface area contributed by atoms with Gasteiger partial charge in [0.1, 0.15) is 22.5 Å². The molecule has 0 saturated carbocycles. The molecule has 0 saturated heterocycles. The van der Waals surface area contributed by atoms with Gasteiger partial charge in [-0.3, -0.25) is 0 Å². The van der Waals surface area contributed by atoms with E-state index in [0.29, 0.717) is 18.1 Å². The Hall–Kier alpha value is -3.01. The first-order valence-electron chi connectivity index (χ1n) is 7.85. The number of furan rings is 1. The summed E-state index contributed by atoms with van der Waals surface area (Å²) in [5, 5.41) is 1.91. The van der Waals surface area contributed by atoms with Crippen LogP contribution in [0.2, 0.25) is 0 Å². The molecule has 0 spiro atoms. The van der Waals surface area contributed by atoms with E-state index in [0.717, 1.165) is 33.4 Å². The van der Waals surface area contributed by atoms with Gasteiger partial charge >= 0.3 is 11.3 Å². The van der Waals surface area contributed by atoms with Gasteiger partial charge in [-0.05, 0) is 19.1 Å². The number of hydrogen-bond acceptors (Lipinski definition) is 3. The summed E-state index contributed by atoms with van der Waals surface area (Å²) < 4.78 is 23.0. The lowest BCUT2D eigenvalue weighted by Gasteiger charge is -2.04. The Kier molecular flexibility index (Phi) is 3.58. The molecule has 4 rings (SSSR count). The molecule has 0 atom stereocenters. The van der Waals surface area contributed by atoms with Gasteiger partial charge in [0.05, 0.1) is 19.8 Å². The highest BCUT2D eigenvalue weighted by Crippen LogP contribution is 2.36. The molecule has 0 aliphatic heterocycles. The van der Waals surface area contributed by atoms with Crippen LogP contribution in [0.1, 0.15) is 6.92 Å². The van der Waals surface area contributed by atoms with Gasteiger partial charge < -0.3 is 13.9 Å². The molecule has 0 unspecified atom stereocenters. The Balaban J connectivity index is 1.92. The van der Waals surface area contributed by atoms with Crippen LogP contribution in [0.15, 0.2) is 63.4 Å². The second-order valence-corrected chi connectivity index (χ2v) is 5.42. The molecule has 0 fully saturated rings. The highest BCUT2D eigenvalue weighted by Gasteiger charge is 2.23. The van der Waals surface area contributed by atoms with E-state index in [-0.39, 0.29) is 0 Å². The molecule has 4 nitrogen and oxygen atoms in total. The van der Waals surface area contributed by atoms with Crippen LogP contribution in [0.4, 0.5) is 0 Å². The van der Waals surface area contributed by atoms with E-state index in [4.69, 9.17) is 18.3 Å². The zero-order chi connectivity index (χ0) is 16.5. The van der Waals surface area contributed by atoms with Gasteiger partial charge in [0.15, 0.2) is 0 Å². The summed E-state index contributed by atoms with van der Waals surface area (Å²) >= 11 is 0. The number of ether oxygens (including phenoxy) is 2. The molecule has 24 heavy (non-hydrogen) atoms. The van der Waals surface area contributed by atoms with Crippen molar-refractivity contribution in [2.75, 3.05) is 13.7 Å². The van der Waals surface area contributed by atoms with Crippen molar-refractivity contribution in [1.29, 1.82) is 0 Å². The lowest BCUT2D eigenvalue weighted by Crippen LogP contribution is -1.94. The van der Waals surface area contributed by atoms with Crippen molar-refractivity contribution in [2.45, 2.75) is 6.92 Å². The first kappa shape index (κ1) is 14.6. The van der Waals surface area contributed by atoms with E-state index in [1.54, 1.807) is 7.11 Å². The van der Waals surface area contributed by atoms with Crippen LogP contribution in [-0.2, 0) is 0 Å². The maximum Gasteiger partial charge on any atom is 0.399 e. The van der Waals surface area contributed by atoms with Crippen LogP contribution < -0.4 is 9.47 Å². The van der Waals surface area contributed by atoms with Gasteiger partial charge in [-0.2, -0.15) is 0 Å². The Morgan fingerprint density at radius 1 is 1.04 bits per heavy atom. The standard InChI is InChI=1S/C20H17O4/c1-3-22-18-12-20(19-10-13-6-4-5-7-16(13)23-19)24-17-9-8-14(21-2)11-15(17)18/h4-12H,3H2,1-2H3/q+1. The third-order valence-electron chi connectivity index (χ3n) is 3.90.